The topological polar surface area (TPSA) is 56.1 Å². The molecule has 0 spiro atoms. The van der Waals surface area contributed by atoms with E-state index in [1.54, 1.807) is 54.7 Å². The highest BCUT2D eigenvalue weighted by Crippen LogP contribution is 2.32. The number of rotatable bonds is 6. The lowest BCUT2D eigenvalue weighted by Crippen LogP contribution is -2.19. The summed E-state index contributed by atoms with van der Waals surface area (Å²) in [6.45, 7) is 4.29. The van der Waals surface area contributed by atoms with E-state index in [1.165, 1.54) is 22.4 Å². The molecule has 5 rings (SSSR count). The molecule has 190 valence electrons. The van der Waals surface area contributed by atoms with E-state index in [2.05, 4.69) is 36.4 Å². The van der Waals surface area contributed by atoms with Gasteiger partial charge in [-0.1, -0.05) is 61.8 Å². The molecule has 5 nitrogen and oxygen atoms in total. The molecule has 0 fully saturated rings. The molecule has 0 aliphatic rings. The number of carbonyl (C=O) groups excluding carboxylic acids is 1. The molecule has 0 saturated heterocycles. The van der Waals surface area contributed by atoms with Gasteiger partial charge in [0.25, 0.3) is 0 Å². The summed E-state index contributed by atoms with van der Waals surface area (Å²) in [5.74, 6) is 1.51. The number of ether oxygens (including phenoxy) is 1. The number of hydrogen-bond donors (Lipinski definition) is 1. The van der Waals surface area contributed by atoms with E-state index in [0.717, 1.165) is 16.9 Å². The molecule has 0 bridgehead atoms. The number of anilines is 1. The van der Waals surface area contributed by atoms with E-state index in [4.69, 9.17) is 16.3 Å². The summed E-state index contributed by atoms with van der Waals surface area (Å²) in [7, 11) is 0. The molecule has 0 radical (unpaired) electrons. The maximum atomic E-state index is 13.5. The van der Waals surface area contributed by atoms with Crippen LogP contribution in [0.4, 0.5) is 14.9 Å². The first kappa shape index (κ1) is 25.2. The summed E-state index contributed by atoms with van der Waals surface area (Å²) in [5.41, 5.74) is 4.62. The average Bonchev–Trinajstić information content (AvgIpc) is 3.37. The predicted molar refractivity (Wildman–Crippen MR) is 150 cm³/mol. The minimum absolute atomic E-state index is 0.341. The van der Waals surface area contributed by atoms with Crippen molar-refractivity contribution in [2.24, 2.45) is 0 Å². The minimum atomic E-state index is -0.438. The smallest absolute Gasteiger partial charge is 0.346 e. The molecule has 4 aromatic carbocycles. The Hall–Kier alpha value is -4.42. The van der Waals surface area contributed by atoms with Crippen LogP contribution in [0.1, 0.15) is 25.3 Å². The van der Waals surface area contributed by atoms with Gasteiger partial charge in [-0.05, 0) is 77.7 Å². The second-order valence-electron chi connectivity index (χ2n) is 9.13. The zero-order chi connectivity index (χ0) is 26.6. The molecule has 1 aromatic heterocycles. The highest BCUT2D eigenvalue weighted by Gasteiger charge is 2.17. The van der Waals surface area contributed by atoms with E-state index in [0.29, 0.717) is 33.6 Å². The van der Waals surface area contributed by atoms with Gasteiger partial charge in [0.15, 0.2) is 0 Å². The van der Waals surface area contributed by atoms with E-state index < -0.39 is 6.03 Å². The van der Waals surface area contributed by atoms with Crippen LogP contribution in [-0.2, 0) is 0 Å². The molecular weight excluding hydrogens is 501 g/mol. The van der Waals surface area contributed by atoms with Crippen molar-refractivity contribution >= 4 is 23.3 Å². The van der Waals surface area contributed by atoms with Gasteiger partial charge in [-0.2, -0.15) is 9.78 Å². The standard InChI is InChI=1S/C31H25ClFN3O2/c1-20(2)21-7-15-27(16-8-21)38-28-17-13-26(14-18-28)34-31(37)36-19-29(22-5-11-25(33)12-6-22)30(35-36)23-3-9-24(32)10-4-23/h3-20H,1-2H3,(H,34,37). The number of nitrogens with zero attached hydrogens (tertiary/aromatic N) is 2. The summed E-state index contributed by atoms with van der Waals surface area (Å²) < 4.78 is 20.7. The van der Waals surface area contributed by atoms with Crippen LogP contribution in [0.3, 0.4) is 0 Å². The second kappa shape index (κ2) is 10.9. The van der Waals surface area contributed by atoms with Crippen molar-refractivity contribution in [2.75, 3.05) is 5.32 Å². The lowest BCUT2D eigenvalue weighted by molar-refractivity contribution is 0.251. The van der Waals surface area contributed by atoms with Crippen molar-refractivity contribution in [3.05, 3.63) is 120 Å². The van der Waals surface area contributed by atoms with Crippen molar-refractivity contribution in [1.82, 2.24) is 9.78 Å². The monoisotopic (exact) mass is 525 g/mol. The van der Waals surface area contributed by atoms with Crippen LogP contribution < -0.4 is 10.1 Å². The molecule has 1 heterocycles. The quantitative estimate of drug-likeness (QED) is 0.240. The molecule has 0 saturated carbocycles. The minimum Gasteiger partial charge on any atom is -0.457 e. The lowest BCUT2D eigenvalue weighted by Gasteiger charge is -2.10. The molecule has 38 heavy (non-hydrogen) atoms. The van der Waals surface area contributed by atoms with Gasteiger partial charge in [-0.25, -0.2) is 9.18 Å². The molecule has 1 amide bonds. The number of aromatic nitrogens is 2. The summed E-state index contributed by atoms with van der Waals surface area (Å²) in [5, 5.41) is 7.99. The fraction of sp³-hybridized carbons (Fsp3) is 0.0968. The lowest BCUT2D eigenvalue weighted by atomic mass is 10.0. The van der Waals surface area contributed by atoms with Crippen molar-refractivity contribution in [1.29, 1.82) is 0 Å². The van der Waals surface area contributed by atoms with Gasteiger partial charge in [0.2, 0.25) is 0 Å². The molecule has 0 unspecified atom stereocenters. The van der Waals surface area contributed by atoms with Crippen LogP contribution in [0.5, 0.6) is 11.5 Å². The Morgan fingerprint density at radius 1 is 0.842 bits per heavy atom. The Balaban J connectivity index is 1.35. The van der Waals surface area contributed by atoms with E-state index in [9.17, 15) is 9.18 Å². The number of amides is 1. The third kappa shape index (κ3) is 5.76. The number of nitrogens with one attached hydrogen (secondary N) is 1. The molecular formula is C31H25ClFN3O2. The fourth-order valence-electron chi connectivity index (χ4n) is 3.98. The maximum Gasteiger partial charge on any atom is 0.346 e. The highest BCUT2D eigenvalue weighted by atomic mass is 35.5. The van der Waals surface area contributed by atoms with Crippen molar-refractivity contribution < 1.29 is 13.9 Å². The largest absolute Gasteiger partial charge is 0.457 e. The van der Waals surface area contributed by atoms with Crippen LogP contribution in [0.25, 0.3) is 22.4 Å². The van der Waals surface area contributed by atoms with E-state index in [-0.39, 0.29) is 5.82 Å². The molecule has 1 N–H and O–H groups in total. The van der Waals surface area contributed by atoms with Gasteiger partial charge in [0, 0.05) is 28.0 Å². The molecule has 5 aromatic rings. The normalized spacial score (nSPS) is 11.0. The van der Waals surface area contributed by atoms with Crippen molar-refractivity contribution in [3.63, 3.8) is 0 Å². The Morgan fingerprint density at radius 3 is 2.03 bits per heavy atom. The van der Waals surface area contributed by atoms with Crippen LogP contribution in [0.2, 0.25) is 5.02 Å². The molecule has 0 aliphatic carbocycles. The second-order valence-corrected chi connectivity index (χ2v) is 9.57. The first-order valence-corrected chi connectivity index (χ1v) is 12.5. The van der Waals surface area contributed by atoms with Gasteiger partial charge in [-0.3, -0.25) is 0 Å². The van der Waals surface area contributed by atoms with Crippen molar-refractivity contribution in [3.8, 4) is 33.9 Å². The van der Waals surface area contributed by atoms with Gasteiger partial charge in [0.05, 0.1) is 0 Å². The number of benzene rings is 4. The molecule has 0 atom stereocenters. The zero-order valence-electron chi connectivity index (χ0n) is 20.9. The molecule has 7 heteroatoms. The summed E-state index contributed by atoms with van der Waals surface area (Å²) in [6, 6.07) is 27.9. The first-order chi connectivity index (χ1) is 18.4. The highest BCUT2D eigenvalue weighted by molar-refractivity contribution is 6.30. The Labute approximate surface area is 225 Å². The number of halogens is 2. The van der Waals surface area contributed by atoms with Crippen LogP contribution in [0, 0.1) is 5.82 Å². The Bertz CT molecular complexity index is 1480. The van der Waals surface area contributed by atoms with Crippen LogP contribution in [0.15, 0.2) is 103 Å². The van der Waals surface area contributed by atoms with Crippen molar-refractivity contribution in [2.45, 2.75) is 19.8 Å². The summed E-state index contributed by atoms with van der Waals surface area (Å²) >= 11 is 6.05. The fourth-order valence-corrected chi connectivity index (χ4v) is 4.11. The number of hydrogen-bond acceptors (Lipinski definition) is 3. The zero-order valence-corrected chi connectivity index (χ0v) is 21.6. The van der Waals surface area contributed by atoms with E-state index in [1.807, 2.05) is 24.3 Å². The van der Waals surface area contributed by atoms with Gasteiger partial charge >= 0.3 is 6.03 Å². The first-order valence-electron chi connectivity index (χ1n) is 12.2. The number of carbonyl (C=O) groups is 1. The van der Waals surface area contributed by atoms with Gasteiger partial charge < -0.3 is 10.1 Å². The van der Waals surface area contributed by atoms with E-state index >= 15 is 0 Å². The average molecular weight is 526 g/mol. The van der Waals surface area contributed by atoms with Gasteiger partial charge in [0.1, 0.15) is 23.0 Å². The Morgan fingerprint density at radius 2 is 1.42 bits per heavy atom. The molecule has 0 aliphatic heterocycles. The maximum absolute atomic E-state index is 13.5. The van der Waals surface area contributed by atoms with Gasteiger partial charge in [-0.15, -0.1) is 0 Å². The SMILES string of the molecule is CC(C)c1ccc(Oc2ccc(NC(=O)n3cc(-c4ccc(F)cc4)c(-c4ccc(Cl)cc4)n3)cc2)cc1. The summed E-state index contributed by atoms with van der Waals surface area (Å²) in [6.07, 6.45) is 1.63. The van der Waals surface area contributed by atoms with Crippen LogP contribution >= 0.6 is 11.6 Å². The Kier molecular flexibility index (Phi) is 7.24. The third-order valence-electron chi connectivity index (χ3n) is 6.08. The van der Waals surface area contributed by atoms with Crippen LogP contribution in [-0.4, -0.2) is 15.8 Å². The third-order valence-corrected chi connectivity index (χ3v) is 6.34. The summed E-state index contributed by atoms with van der Waals surface area (Å²) in [4.78, 5) is 13.1. The predicted octanol–water partition coefficient (Wildman–Crippen LogP) is 9.01.